The van der Waals surface area contributed by atoms with Gasteiger partial charge in [0.25, 0.3) is 0 Å². The van der Waals surface area contributed by atoms with Gasteiger partial charge in [-0.25, -0.2) is 0 Å². The summed E-state index contributed by atoms with van der Waals surface area (Å²) in [4.78, 5) is 14.0. The van der Waals surface area contributed by atoms with E-state index in [0.29, 0.717) is 6.54 Å². The van der Waals surface area contributed by atoms with Gasteiger partial charge in [-0.3, -0.25) is 4.79 Å². The number of amides is 1. The number of allylic oxidation sites excluding steroid dienone is 2. The summed E-state index contributed by atoms with van der Waals surface area (Å²) >= 11 is 0. The van der Waals surface area contributed by atoms with Crippen molar-refractivity contribution in [1.82, 2.24) is 5.32 Å². The first-order chi connectivity index (χ1) is 10.2. The molecule has 110 valence electrons. The number of carbonyl (C=O) groups is 1. The van der Waals surface area contributed by atoms with E-state index in [1.165, 1.54) is 0 Å². The number of anilines is 1. The molecular weight excluding hydrogens is 260 g/mol. The van der Waals surface area contributed by atoms with Crippen LogP contribution in [0.4, 0.5) is 5.69 Å². The maximum absolute atomic E-state index is 12.0. The largest absolute Gasteiger partial charge is 0.377 e. The van der Waals surface area contributed by atoms with Crippen LogP contribution in [-0.4, -0.2) is 26.5 Å². The minimum atomic E-state index is 0.117. The van der Waals surface area contributed by atoms with Crippen LogP contribution >= 0.6 is 0 Å². The first kappa shape index (κ1) is 15.2. The zero-order chi connectivity index (χ0) is 15.1. The van der Waals surface area contributed by atoms with Gasteiger partial charge in [0.2, 0.25) is 5.91 Å². The fraction of sp³-hybridized carbons (Fsp3) is 0.389. The smallest absolute Gasteiger partial charge is 0.224 e. The van der Waals surface area contributed by atoms with E-state index in [-0.39, 0.29) is 11.8 Å². The molecule has 1 aromatic carbocycles. The molecule has 0 fully saturated rings. The van der Waals surface area contributed by atoms with Crippen LogP contribution < -0.4 is 10.2 Å². The number of nitrogens with zero attached hydrogens (tertiary/aromatic N) is 1. The highest BCUT2D eigenvalue weighted by molar-refractivity contribution is 5.79. The predicted molar refractivity (Wildman–Crippen MR) is 87.1 cm³/mol. The van der Waals surface area contributed by atoms with Crippen LogP contribution in [0.15, 0.2) is 36.4 Å². The molecule has 1 aliphatic rings. The van der Waals surface area contributed by atoms with Gasteiger partial charge in [0, 0.05) is 25.6 Å². The monoisotopic (exact) mass is 282 g/mol. The maximum Gasteiger partial charge on any atom is 0.224 e. The minimum Gasteiger partial charge on any atom is -0.377 e. The first-order valence-electron chi connectivity index (χ1n) is 7.36. The molecule has 2 rings (SSSR count). The van der Waals surface area contributed by atoms with Gasteiger partial charge in [0.05, 0.1) is 12.2 Å². The molecule has 0 radical (unpaired) electrons. The second-order valence-corrected chi connectivity index (χ2v) is 5.41. The molecule has 1 N–H and O–H groups in total. The molecule has 3 heteroatoms. The van der Waals surface area contributed by atoms with Gasteiger partial charge >= 0.3 is 0 Å². The number of rotatable bonds is 3. The van der Waals surface area contributed by atoms with E-state index in [1.807, 2.05) is 43.3 Å². The van der Waals surface area contributed by atoms with E-state index in [0.717, 1.165) is 30.5 Å². The van der Waals surface area contributed by atoms with E-state index in [1.54, 1.807) is 0 Å². The Morgan fingerprint density at radius 2 is 2.14 bits per heavy atom. The molecule has 0 aromatic heterocycles. The quantitative estimate of drug-likeness (QED) is 0.682. The molecule has 1 atom stereocenters. The second kappa shape index (κ2) is 7.54. The number of para-hydroxylation sites is 1. The summed E-state index contributed by atoms with van der Waals surface area (Å²) in [6.07, 6.45) is 7.02. The van der Waals surface area contributed by atoms with Gasteiger partial charge in [-0.2, -0.15) is 0 Å². The average Bonchev–Trinajstić information content (AvgIpc) is 2.52. The third kappa shape index (κ3) is 4.39. The van der Waals surface area contributed by atoms with Crippen molar-refractivity contribution in [3.8, 4) is 11.8 Å². The van der Waals surface area contributed by atoms with Crippen molar-refractivity contribution in [3.63, 3.8) is 0 Å². The zero-order valence-corrected chi connectivity index (χ0v) is 12.7. The standard InChI is InChI=1S/C18H22N2O/c1-20(2)17-13-7-6-9-15(17)12-8-14-19-18(21)16-10-4-3-5-11-16/h3-4,6-7,9,13,16H,5,10-11,14H2,1-2H3,(H,19,21). The number of hydrogen-bond donors (Lipinski definition) is 1. The molecule has 3 nitrogen and oxygen atoms in total. The van der Waals surface area contributed by atoms with Gasteiger partial charge in [0.15, 0.2) is 0 Å². The van der Waals surface area contributed by atoms with E-state index in [2.05, 4.69) is 29.3 Å². The second-order valence-electron chi connectivity index (χ2n) is 5.41. The first-order valence-corrected chi connectivity index (χ1v) is 7.36. The number of benzene rings is 1. The normalized spacial score (nSPS) is 16.8. The Kier molecular flexibility index (Phi) is 5.45. The lowest BCUT2D eigenvalue weighted by Gasteiger charge is -2.16. The van der Waals surface area contributed by atoms with Crippen LogP contribution in [0.2, 0.25) is 0 Å². The van der Waals surface area contributed by atoms with E-state index >= 15 is 0 Å². The lowest BCUT2D eigenvalue weighted by atomic mass is 9.94. The summed E-state index contributed by atoms with van der Waals surface area (Å²) in [6.45, 7) is 0.404. The molecule has 1 aliphatic carbocycles. The van der Waals surface area contributed by atoms with Gasteiger partial charge in [-0.05, 0) is 31.4 Å². The van der Waals surface area contributed by atoms with Crippen LogP contribution in [0.3, 0.4) is 0 Å². The van der Waals surface area contributed by atoms with Crippen LogP contribution in [0.1, 0.15) is 24.8 Å². The zero-order valence-electron chi connectivity index (χ0n) is 12.7. The molecule has 0 spiro atoms. The van der Waals surface area contributed by atoms with Crippen LogP contribution in [0.5, 0.6) is 0 Å². The summed E-state index contributed by atoms with van der Waals surface area (Å²) in [5.41, 5.74) is 2.08. The van der Waals surface area contributed by atoms with Crippen LogP contribution in [-0.2, 0) is 4.79 Å². The average molecular weight is 282 g/mol. The molecule has 0 aliphatic heterocycles. The van der Waals surface area contributed by atoms with Crippen molar-refractivity contribution in [2.45, 2.75) is 19.3 Å². The Hall–Kier alpha value is -2.21. The van der Waals surface area contributed by atoms with Crippen molar-refractivity contribution in [2.75, 3.05) is 25.5 Å². The number of nitrogens with one attached hydrogen (secondary N) is 1. The number of carbonyl (C=O) groups excluding carboxylic acids is 1. The van der Waals surface area contributed by atoms with E-state index < -0.39 is 0 Å². The fourth-order valence-corrected chi connectivity index (χ4v) is 2.42. The molecule has 0 saturated heterocycles. The SMILES string of the molecule is CN(C)c1ccccc1C#CCNC(=O)C1CC=CCC1. The Morgan fingerprint density at radius 3 is 2.86 bits per heavy atom. The number of hydrogen-bond acceptors (Lipinski definition) is 2. The van der Waals surface area contributed by atoms with Crippen molar-refractivity contribution < 1.29 is 4.79 Å². The van der Waals surface area contributed by atoms with E-state index in [9.17, 15) is 4.79 Å². The molecule has 0 bridgehead atoms. The lowest BCUT2D eigenvalue weighted by Crippen LogP contribution is -2.31. The Labute approximate surface area is 127 Å². The van der Waals surface area contributed by atoms with Crippen molar-refractivity contribution >= 4 is 11.6 Å². The molecule has 1 amide bonds. The molecule has 0 heterocycles. The maximum atomic E-state index is 12.0. The van der Waals surface area contributed by atoms with Crippen LogP contribution in [0.25, 0.3) is 0 Å². The van der Waals surface area contributed by atoms with Gasteiger partial charge < -0.3 is 10.2 Å². The molecule has 1 aromatic rings. The Balaban J connectivity index is 1.89. The third-order valence-corrected chi connectivity index (χ3v) is 3.60. The van der Waals surface area contributed by atoms with Crippen molar-refractivity contribution in [3.05, 3.63) is 42.0 Å². The minimum absolute atomic E-state index is 0.117. The highest BCUT2D eigenvalue weighted by Crippen LogP contribution is 2.18. The molecule has 21 heavy (non-hydrogen) atoms. The highest BCUT2D eigenvalue weighted by Gasteiger charge is 2.17. The topological polar surface area (TPSA) is 32.3 Å². The highest BCUT2D eigenvalue weighted by atomic mass is 16.1. The predicted octanol–water partition coefficient (Wildman–Crippen LogP) is 2.58. The summed E-state index contributed by atoms with van der Waals surface area (Å²) in [5, 5.41) is 2.91. The van der Waals surface area contributed by atoms with Gasteiger partial charge in [-0.15, -0.1) is 0 Å². The molecular formula is C18H22N2O. The third-order valence-electron chi connectivity index (χ3n) is 3.60. The summed E-state index contributed by atoms with van der Waals surface area (Å²) < 4.78 is 0. The Bertz CT molecular complexity index is 578. The molecule has 0 saturated carbocycles. The Morgan fingerprint density at radius 1 is 1.33 bits per heavy atom. The van der Waals surface area contributed by atoms with E-state index in [4.69, 9.17) is 0 Å². The van der Waals surface area contributed by atoms with Gasteiger partial charge in [0.1, 0.15) is 0 Å². The fourth-order valence-electron chi connectivity index (χ4n) is 2.42. The van der Waals surface area contributed by atoms with Crippen molar-refractivity contribution in [2.24, 2.45) is 5.92 Å². The molecule has 1 unspecified atom stereocenters. The summed E-state index contributed by atoms with van der Waals surface area (Å²) in [5.74, 6) is 6.41. The summed E-state index contributed by atoms with van der Waals surface area (Å²) in [6, 6.07) is 8.01. The van der Waals surface area contributed by atoms with Crippen molar-refractivity contribution in [1.29, 1.82) is 0 Å². The van der Waals surface area contributed by atoms with Gasteiger partial charge in [-0.1, -0.05) is 36.1 Å². The van der Waals surface area contributed by atoms with Crippen LogP contribution in [0, 0.1) is 17.8 Å². The summed E-state index contributed by atoms with van der Waals surface area (Å²) in [7, 11) is 4.00. The lowest BCUT2D eigenvalue weighted by molar-refractivity contribution is -0.124.